The van der Waals surface area contributed by atoms with Crippen molar-refractivity contribution in [2.75, 3.05) is 16.8 Å². The van der Waals surface area contributed by atoms with Gasteiger partial charge in [-0.25, -0.2) is 4.98 Å². The maximum absolute atomic E-state index is 12.8. The average molecular weight is 345 g/mol. The highest BCUT2D eigenvalue weighted by molar-refractivity contribution is 6.04. The first-order valence-corrected chi connectivity index (χ1v) is 8.76. The van der Waals surface area contributed by atoms with Crippen LogP contribution in [0, 0.1) is 13.8 Å². The third kappa shape index (κ3) is 3.75. The number of aromatic nitrogens is 1. The molecule has 1 N–H and O–H groups in total. The Labute approximate surface area is 154 Å². The van der Waals surface area contributed by atoms with Crippen LogP contribution < -0.4 is 10.2 Å². The lowest BCUT2D eigenvalue weighted by Gasteiger charge is -2.20. The predicted molar refractivity (Wildman–Crippen MR) is 107 cm³/mol. The Morgan fingerprint density at radius 3 is 2.23 bits per heavy atom. The maximum atomic E-state index is 12.8. The van der Waals surface area contributed by atoms with Gasteiger partial charge in [-0.15, -0.1) is 0 Å². The van der Waals surface area contributed by atoms with Gasteiger partial charge in [0.05, 0.1) is 11.9 Å². The molecule has 0 aliphatic carbocycles. The zero-order chi connectivity index (χ0) is 18.5. The van der Waals surface area contributed by atoms with Crippen molar-refractivity contribution < 1.29 is 4.79 Å². The number of para-hydroxylation sites is 2. The van der Waals surface area contributed by atoms with Crippen LogP contribution in [0.4, 0.5) is 17.1 Å². The lowest BCUT2D eigenvalue weighted by molar-refractivity contribution is 0.0983. The van der Waals surface area contributed by atoms with Crippen LogP contribution in [-0.2, 0) is 0 Å². The van der Waals surface area contributed by atoms with E-state index in [-0.39, 0.29) is 5.91 Å². The molecule has 4 heteroatoms. The molecule has 0 saturated carbocycles. The molecule has 132 valence electrons. The van der Waals surface area contributed by atoms with Gasteiger partial charge >= 0.3 is 0 Å². The van der Waals surface area contributed by atoms with Crippen LogP contribution in [0.2, 0.25) is 0 Å². The molecule has 3 rings (SSSR count). The summed E-state index contributed by atoms with van der Waals surface area (Å²) in [6, 6.07) is 19.5. The van der Waals surface area contributed by atoms with Crippen LogP contribution in [0.25, 0.3) is 0 Å². The Hall–Kier alpha value is -3.14. The zero-order valence-electron chi connectivity index (χ0n) is 15.4. The summed E-state index contributed by atoms with van der Waals surface area (Å²) in [6.45, 7) is 6.69. The lowest BCUT2D eigenvalue weighted by atomic mass is 10.1. The molecule has 0 atom stereocenters. The van der Waals surface area contributed by atoms with E-state index in [1.807, 2.05) is 49.4 Å². The van der Waals surface area contributed by atoms with Crippen LogP contribution in [0.3, 0.4) is 0 Å². The SMILES string of the molecule is CCN(C(=O)c1ccc(Nc2c(C)cccc2C)cn1)c1ccccc1. The minimum absolute atomic E-state index is 0.0997. The van der Waals surface area contributed by atoms with E-state index in [0.29, 0.717) is 12.2 Å². The molecule has 0 fully saturated rings. The van der Waals surface area contributed by atoms with Crippen LogP contribution in [0.15, 0.2) is 66.9 Å². The fourth-order valence-corrected chi connectivity index (χ4v) is 2.94. The molecule has 1 amide bonds. The van der Waals surface area contributed by atoms with E-state index in [9.17, 15) is 4.79 Å². The second kappa shape index (κ2) is 7.83. The molecule has 0 aliphatic heterocycles. The van der Waals surface area contributed by atoms with E-state index in [1.165, 1.54) is 11.1 Å². The Bertz CT molecular complexity index is 869. The van der Waals surface area contributed by atoms with E-state index < -0.39 is 0 Å². The monoisotopic (exact) mass is 345 g/mol. The van der Waals surface area contributed by atoms with Gasteiger partial charge in [-0.3, -0.25) is 4.79 Å². The summed E-state index contributed by atoms with van der Waals surface area (Å²) < 4.78 is 0. The van der Waals surface area contributed by atoms with Crippen molar-refractivity contribution in [3.8, 4) is 0 Å². The first kappa shape index (κ1) is 17.7. The zero-order valence-corrected chi connectivity index (χ0v) is 15.4. The van der Waals surface area contributed by atoms with E-state index >= 15 is 0 Å². The molecule has 0 saturated heterocycles. The van der Waals surface area contributed by atoms with Crippen LogP contribution in [-0.4, -0.2) is 17.4 Å². The van der Waals surface area contributed by atoms with E-state index in [0.717, 1.165) is 17.1 Å². The standard InChI is InChI=1S/C22H23N3O/c1-4-25(19-11-6-5-7-12-19)22(26)20-14-13-18(15-23-20)24-21-16(2)9-8-10-17(21)3/h5-15,24H,4H2,1-3H3. The van der Waals surface area contributed by atoms with Crippen LogP contribution in [0.5, 0.6) is 0 Å². The van der Waals surface area contributed by atoms with Crippen molar-refractivity contribution in [2.45, 2.75) is 20.8 Å². The quantitative estimate of drug-likeness (QED) is 0.699. The van der Waals surface area contributed by atoms with Gasteiger partial charge in [0, 0.05) is 17.9 Å². The van der Waals surface area contributed by atoms with Crippen molar-refractivity contribution in [1.82, 2.24) is 4.98 Å². The average Bonchev–Trinajstić information content (AvgIpc) is 2.67. The van der Waals surface area contributed by atoms with Gasteiger partial charge in [0.1, 0.15) is 5.69 Å². The number of carbonyl (C=O) groups is 1. The Balaban J connectivity index is 1.80. The third-order valence-electron chi connectivity index (χ3n) is 4.36. The topological polar surface area (TPSA) is 45.2 Å². The Morgan fingerprint density at radius 1 is 0.962 bits per heavy atom. The van der Waals surface area contributed by atoms with Gasteiger partial charge in [0.15, 0.2) is 0 Å². The number of aryl methyl sites for hydroxylation is 2. The van der Waals surface area contributed by atoms with Crippen LogP contribution in [0.1, 0.15) is 28.5 Å². The van der Waals surface area contributed by atoms with Crippen molar-refractivity contribution in [1.29, 1.82) is 0 Å². The first-order chi connectivity index (χ1) is 12.6. The molecule has 3 aromatic rings. The van der Waals surface area contributed by atoms with E-state index in [2.05, 4.69) is 36.3 Å². The number of amides is 1. The molecular formula is C22H23N3O. The lowest BCUT2D eigenvalue weighted by Crippen LogP contribution is -2.31. The second-order valence-corrected chi connectivity index (χ2v) is 6.21. The minimum Gasteiger partial charge on any atom is -0.354 e. The molecule has 2 aromatic carbocycles. The van der Waals surface area contributed by atoms with E-state index in [1.54, 1.807) is 17.2 Å². The van der Waals surface area contributed by atoms with Gasteiger partial charge in [-0.1, -0.05) is 36.4 Å². The number of anilines is 3. The number of carbonyl (C=O) groups excluding carboxylic acids is 1. The molecule has 0 spiro atoms. The maximum Gasteiger partial charge on any atom is 0.276 e. The molecule has 1 aromatic heterocycles. The fraction of sp³-hybridized carbons (Fsp3) is 0.182. The number of nitrogens with one attached hydrogen (secondary N) is 1. The first-order valence-electron chi connectivity index (χ1n) is 8.76. The van der Waals surface area contributed by atoms with Gasteiger partial charge in [0.25, 0.3) is 5.91 Å². The summed E-state index contributed by atoms with van der Waals surface area (Å²) in [4.78, 5) is 18.9. The molecule has 0 bridgehead atoms. The summed E-state index contributed by atoms with van der Waals surface area (Å²) in [6.07, 6.45) is 1.71. The normalized spacial score (nSPS) is 10.4. The Morgan fingerprint density at radius 2 is 1.65 bits per heavy atom. The van der Waals surface area contributed by atoms with Gasteiger partial charge < -0.3 is 10.2 Å². The summed E-state index contributed by atoms with van der Waals surface area (Å²) in [5, 5.41) is 3.39. The fourth-order valence-electron chi connectivity index (χ4n) is 2.94. The molecule has 0 radical (unpaired) electrons. The molecule has 0 unspecified atom stereocenters. The number of pyridine rings is 1. The highest BCUT2D eigenvalue weighted by Crippen LogP contribution is 2.24. The predicted octanol–water partition coefficient (Wildman–Crippen LogP) is 5.11. The van der Waals surface area contributed by atoms with Crippen LogP contribution >= 0.6 is 0 Å². The molecule has 0 aliphatic rings. The van der Waals surface area contributed by atoms with Crippen molar-refractivity contribution in [3.05, 3.63) is 83.7 Å². The van der Waals surface area contributed by atoms with Gasteiger partial charge in [-0.2, -0.15) is 0 Å². The Kier molecular flexibility index (Phi) is 5.32. The summed E-state index contributed by atoms with van der Waals surface area (Å²) in [7, 11) is 0. The highest BCUT2D eigenvalue weighted by Gasteiger charge is 2.17. The second-order valence-electron chi connectivity index (χ2n) is 6.21. The summed E-state index contributed by atoms with van der Waals surface area (Å²) >= 11 is 0. The van der Waals surface area contributed by atoms with Crippen molar-refractivity contribution in [2.24, 2.45) is 0 Å². The van der Waals surface area contributed by atoms with Crippen molar-refractivity contribution >= 4 is 23.0 Å². The molecule has 1 heterocycles. The number of benzene rings is 2. The smallest absolute Gasteiger partial charge is 0.276 e. The molecule has 26 heavy (non-hydrogen) atoms. The van der Waals surface area contributed by atoms with E-state index in [4.69, 9.17) is 0 Å². The summed E-state index contributed by atoms with van der Waals surface area (Å²) in [5.74, 6) is -0.0997. The number of rotatable bonds is 5. The highest BCUT2D eigenvalue weighted by atomic mass is 16.2. The summed E-state index contributed by atoms with van der Waals surface area (Å²) in [5.41, 5.74) is 5.59. The number of nitrogens with zero attached hydrogens (tertiary/aromatic N) is 2. The number of hydrogen-bond acceptors (Lipinski definition) is 3. The largest absolute Gasteiger partial charge is 0.354 e. The van der Waals surface area contributed by atoms with Gasteiger partial charge in [-0.05, 0) is 56.2 Å². The molecule has 4 nitrogen and oxygen atoms in total. The third-order valence-corrected chi connectivity index (χ3v) is 4.36. The van der Waals surface area contributed by atoms with Gasteiger partial charge in [0.2, 0.25) is 0 Å². The minimum atomic E-state index is -0.0997. The van der Waals surface area contributed by atoms with Crippen molar-refractivity contribution in [3.63, 3.8) is 0 Å². The number of hydrogen-bond donors (Lipinski definition) is 1. The molecular weight excluding hydrogens is 322 g/mol.